The minimum absolute atomic E-state index is 0.600. The molecule has 0 unspecified atom stereocenters. The minimum Gasteiger partial charge on any atom is -0.542 e. The Balaban J connectivity index is 2.41. The van der Waals surface area contributed by atoms with Gasteiger partial charge in [-0.15, -0.1) is 0 Å². The van der Waals surface area contributed by atoms with E-state index in [9.17, 15) is 0 Å². The van der Waals surface area contributed by atoms with Gasteiger partial charge in [-0.3, -0.25) is 0 Å². The van der Waals surface area contributed by atoms with Crippen molar-refractivity contribution < 1.29 is 4.43 Å². The van der Waals surface area contributed by atoms with Crippen molar-refractivity contribution in [3.8, 4) is 11.8 Å². The molecule has 2 aromatic rings. The molecule has 1 radical (unpaired) electrons. The van der Waals surface area contributed by atoms with Gasteiger partial charge in [0.15, 0.2) is 0 Å². The van der Waals surface area contributed by atoms with Gasteiger partial charge in [-0.1, -0.05) is 36.4 Å². The fourth-order valence-corrected chi connectivity index (χ4v) is 2.82. The third kappa shape index (κ3) is 3.36. The second-order valence-electron chi connectivity index (χ2n) is 4.80. The second-order valence-corrected chi connectivity index (χ2v) is 6.82. The highest BCUT2D eigenvalue weighted by Crippen LogP contribution is 2.31. The first-order chi connectivity index (χ1) is 9.22. The molecule has 0 fully saturated rings. The van der Waals surface area contributed by atoms with Crippen LogP contribution in [0.1, 0.15) is 18.4 Å². The van der Waals surface area contributed by atoms with Crippen LogP contribution < -0.4 is 4.43 Å². The first kappa shape index (κ1) is 13.6. The quantitative estimate of drug-likeness (QED) is 0.598. The highest BCUT2D eigenvalue weighted by atomic mass is 28.3. The number of unbranched alkanes of at least 4 members (excludes halogenated alkanes) is 1. The average molecular weight is 268 g/mol. The topological polar surface area (TPSA) is 33.0 Å². The van der Waals surface area contributed by atoms with Crippen molar-refractivity contribution in [1.29, 1.82) is 5.26 Å². The molecular weight excluding hydrogens is 250 g/mol. The number of aryl methyl sites for hydroxylation is 1. The van der Waals surface area contributed by atoms with Gasteiger partial charge in [-0.2, -0.15) is 5.26 Å². The number of rotatable bonds is 5. The fraction of sp³-hybridized carbons (Fsp3) is 0.312. The Bertz CT molecular complexity index is 601. The molecule has 0 aromatic heterocycles. The van der Waals surface area contributed by atoms with Gasteiger partial charge in [0, 0.05) is 11.8 Å². The molecule has 0 saturated heterocycles. The Morgan fingerprint density at radius 1 is 1.16 bits per heavy atom. The van der Waals surface area contributed by atoms with E-state index in [1.165, 1.54) is 16.3 Å². The van der Waals surface area contributed by atoms with Crippen LogP contribution in [0.3, 0.4) is 0 Å². The third-order valence-corrected chi connectivity index (χ3v) is 3.61. The molecule has 0 aliphatic heterocycles. The first-order valence-corrected chi connectivity index (χ1v) is 8.99. The van der Waals surface area contributed by atoms with Gasteiger partial charge in [0.05, 0.1) is 6.07 Å². The molecule has 0 saturated carbocycles. The Labute approximate surface area is 116 Å². The summed E-state index contributed by atoms with van der Waals surface area (Å²) in [4.78, 5) is 0. The standard InChI is InChI=1S/C16H18NOSi/c1-19(2)18-16-14(8-5-6-12-17)11-10-13-7-3-4-9-15(13)16/h3-4,7,9-11H,5-6,8H2,1-2H3. The number of hydrogen-bond donors (Lipinski definition) is 0. The van der Waals surface area contributed by atoms with Crippen molar-refractivity contribution in [2.24, 2.45) is 0 Å². The minimum atomic E-state index is -0.794. The zero-order valence-electron chi connectivity index (χ0n) is 11.4. The van der Waals surface area contributed by atoms with Gasteiger partial charge >= 0.3 is 0 Å². The summed E-state index contributed by atoms with van der Waals surface area (Å²) in [6.07, 6.45) is 2.39. The van der Waals surface area contributed by atoms with Crippen molar-refractivity contribution >= 4 is 19.8 Å². The Morgan fingerprint density at radius 2 is 1.95 bits per heavy atom. The van der Waals surface area contributed by atoms with Crippen LogP contribution >= 0.6 is 0 Å². The lowest BCUT2D eigenvalue weighted by molar-refractivity contribution is 0.576. The van der Waals surface area contributed by atoms with Crippen molar-refractivity contribution in [3.63, 3.8) is 0 Å². The van der Waals surface area contributed by atoms with Crippen LogP contribution in [0, 0.1) is 11.3 Å². The van der Waals surface area contributed by atoms with Gasteiger partial charge in [0.25, 0.3) is 9.04 Å². The molecular formula is C16H18NOSi. The van der Waals surface area contributed by atoms with Crippen molar-refractivity contribution in [3.05, 3.63) is 42.0 Å². The van der Waals surface area contributed by atoms with Gasteiger partial charge in [0.1, 0.15) is 5.75 Å². The Morgan fingerprint density at radius 3 is 2.68 bits per heavy atom. The van der Waals surface area contributed by atoms with Gasteiger partial charge in [-0.25, -0.2) is 0 Å². The number of nitriles is 1. The summed E-state index contributed by atoms with van der Waals surface area (Å²) >= 11 is 0. The molecule has 0 atom stereocenters. The lowest BCUT2D eigenvalue weighted by Crippen LogP contribution is -2.13. The molecule has 0 heterocycles. The summed E-state index contributed by atoms with van der Waals surface area (Å²) in [6.45, 7) is 4.29. The highest BCUT2D eigenvalue weighted by Gasteiger charge is 2.11. The SMILES string of the molecule is C[Si](C)Oc1c(CCCC#N)ccc2ccccc12. The van der Waals surface area contributed by atoms with Crippen LogP contribution in [0.4, 0.5) is 0 Å². The number of hydrogen-bond acceptors (Lipinski definition) is 2. The van der Waals surface area contributed by atoms with Crippen LogP contribution in [0.25, 0.3) is 10.8 Å². The van der Waals surface area contributed by atoms with E-state index < -0.39 is 9.04 Å². The molecule has 19 heavy (non-hydrogen) atoms. The Hall–Kier alpha value is -1.79. The normalized spacial score (nSPS) is 10.6. The number of benzene rings is 2. The second kappa shape index (κ2) is 6.40. The van der Waals surface area contributed by atoms with E-state index in [1.54, 1.807) is 0 Å². The summed E-state index contributed by atoms with van der Waals surface area (Å²) in [5, 5.41) is 11.1. The first-order valence-electron chi connectivity index (χ1n) is 6.58. The molecule has 2 rings (SSSR count). The molecule has 0 bridgehead atoms. The number of nitrogens with zero attached hydrogens (tertiary/aromatic N) is 1. The molecule has 0 N–H and O–H groups in total. The van der Waals surface area contributed by atoms with Crippen LogP contribution in [0.15, 0.2) is 36.4 Å². The smallest absolute Gasteiger partial charge is 0.274 e. The van der Waals surface area contributed by atoms with Crippen LogP contribution in [0.5, 0.6) is 5.75 Å². The van der Waals surface area contributed by atoms with E-state index in [2.05, 4.69) is 43.4 Å². The molecule has 0 spiro atoms. The van der Waals surface area contributed by atoms with E-state index in [4.69, 9.17) is 9.69 Å². The molecule has 97 valence electrons. The maximum Gasteiger partial charge on any atom is 0.274 e. The maximum absolute atomic E-state index is 8.65. The lowest BCUT2D eigenvalue weighted by atomic mass is 10.0. The fourth-order valence-electron chi connectivity index (χ4n) is 2.17. The van der Waals surface area contributed by atoms with E-state index in [1.807, 2.05) is 12.1 Å². The van der Waals surface area contributed by atoms with Crippen molar-refractivity contribution in [2.75, 3.05) is 0 Å². The van der Waals surface area contributed by atoms with Crippen molar-refractivity contribution in [2.45, 2.75) is 32.4 Å². The average Bonchev–Trinajstić information content (AvgIpc) is 2.41. The summed E-state index contributed by atoms with van der Waals surface area (Å²) in [7, 11) is -0.794. The van der Waals surface area contributed by atoms with E-state index >= 15 is 0 Å². The maximum atomic E-state index is 8.65. The predicted molar refractivity (Wildman–Crippen MR) is 80.6 cm³/mol. The lowest BCUT2D eigenvalue weighted by Gasteiger charge is -2.16. The summed E-state index contributed by atoms with van der Waals surface area (Å²) in [5.41, 5.74) is 1.22. The molecule has 0 aliphatic rings. The summed E-state index contributed by atoms with van der Waals surface area (Å²) in [5.74, 6) is 1.02. The number of fused-ring (bicyclic) bond motifs is 1. The largest absolute Gasteiger partial charge is 0.542 e. The van der Waals surface area contributed by atoms with Gasteiger partial charge in [0.2, 0.25) is 0 Å². The monoisotopic (exact) mass is 268 g/mol. The molecule has 2 nitrogen and oxygen atoms in total. The van der Waals surface area contributed by atoms with Gasteiger partial charge < -0.3 is 4.43 Å². The summed E-state index contributed by atoms with van der Waals surface area (Å²) in [6, 6.07) is 14.8. The van der Waals surface area contributed by atoms with E-state index in [0.29, 0.717) is 6.42 Å². The molecule has 0 amide bonds. The zero-order valence-corrected chi connectivity index (χ0v) is 12.4. The predicted octanol–water partition coefficient (Wildman–Crippen LogP) is 4.32. The molecule has 3 heteroatoms. The highest BCUT2D eigenvalue weighted by molar-refractivity contribution is 6.49. The van der Waals surface area contributed by atoms with Crippen LogP contribution in [-0.4, -0.2) is 9.04 Å². The van der Waals surface area contributed by atoms with Gasteiger partial charge in [-0.05, 0) is 36.9 Å². The van der Waals surface area contributed by atoms with E-state index in [-0.39, 0.29) is 0 Å². The molecule has 0 aliphatic carbocycles. The Kier molecular flexibility index (Phi) is 4.59. The van der Waals surface area contributed by atoms with Crippen molar-refractivity contribution in [1.82, 2.24) is 0 Å². The zero-order chi connectivity index (χ0) is 13.7. The van der Waals surface area contributed by atoms with Crippen LogP contribution in [0.2, 0.25) is 13.1 Å². The summed E-state index contributed by atoms with van der Waals surface area (Å²) < 4.78 is 6.11. The third-order valence-electron chi connectivity index (χ3n) is 3.00. The van der Waals surface area contributed by atoms with E-state index in [0.717, 1.165) is 18.6 Å². The van der Waals surface area contributed by atoms with Crippen LogP contribution in [-0.2, 0) is 6.42 Å². The molecule has 2 aromatic carbocycles.